The first-order chi connectivity index (χ1) is 9.31. The zero-order valence-corrected chi connectivity index (χ0v) is 10.7. The highest BCUT2D eigenvalue weighted by Gasteiger charge is 2.31. The van der Waals surface area contributed by atoms with Gasteiger partial charge in [-0.1, -0.05) is 6.07 Å². The maximum atomic E-state index is 12.6. The summed E-state index contributed by atoms with van der Waals surface area (Å²) in [6, 6.07) is 5.28. The van der Waals surface area contributed by atoms with Crippen LogP contribution >= 0.6 is 0 Å². The molecule has 0 unspecified atom stereocenters. The van der Waals surface area contributed by atoms with Crippen LogP contribution in [0.5, 0.6) is 11.5 Å². The van der Waals surface area contributed by atoms with Crippen molar-refractivity contribution in [2.75, 3.05) is 26.4 Å². The van der Waals surface area contributed by atoms with Crippen molar-refractivity contribution in [3.63, 3.8) is 0 Å². The monoisotopic (exact) mass is 263 g/mol. The van der Waals surface area contributed by atoms with Gasteiger partial charge in [0.1, 0.15) is 13.2 Å². The number of para-hydroxylation sites is 1. The molecule has 0 aromatic heterocycles. The summed E-state index contributed by atoms with van der Waals surface area (Å²) >= 11 is 0. The predicted octanol–water partition coefficient (Wildman–Crippen LogP) is 1.05. The number of carbonyl (C=O) groups is 1. The van der Waals surface area contributed by atoms with Crippen molar-refractivity contribution in [1.82, 2.24) is 4.90 Å². The highest BCUT2D eigenvalue weighted by atomic mass is 16.6. The molecule has 0 radical (unpaired) electrons. The van der Waals surface area contributed by atoms with Crippen molar-refractivity contribution >= 4 is 5.91 Å². The number of carbonyl (C=O) groups excluding carboxylic acids is 1. The van der Waals surface area contributed by atoms with Crippen LogP contribution < -0.4 is 9.47 Å². The van der Waals surface area contributed by atoms with Gasteiger partial charge in [0.05, 0.1) is 18.2 Å². The first kappa shape index (κ1) is 12.3. The number of benzene rings is 1. The van der Waals surface area contributed by atoms with Gasteiger partial charge in [-0.3, -0.25) is 4.79 Å². The van der Waals surface area contributed by atoms with E-state index in [-0.39, 0.29) is 18.6 Å². The van der Waals surface area contributed by atoms with Crippen LogP contribution in [-0.2, 0) is 0 Å². The first-order valence-corrected chi connectivity index (χ1v) is 6.61. The number of rotatable bonds is 2. The number of ether oxygens (including phenoxy) is 2. The largest absolute Gasteiger partial charge is 0.486 e. The molecule has 2 aliphatic heterocycles. The summed E-state index contributed by atoms with van der Waals surface area (Å²) in [7, 11) is 0. The molecule has 1 atom stereocenters. The van der Waals surface area contributed by atoms with Crippen LogP contribution in [0.3, 0.4) is 0 Å². The first-order valence-electron chi connectivity index (χ1n) is 6.61. The van der Waals surface area contributed by atoms with Gasteiger partial charge in [-0.2, -0.15) is 0 Å². The minimum absolute atomic E-state index is 0.0120. The number of aliphatic hydroxyl groups is 1. The molecule has 19 heavy (non-hydrogen) atoms. The molecule has 1 amide bonds. The van der Waals surface area contributed by atoms with Gasteiger partial charge in [0.15, 0.2) is 11.5 Å². The van der Waals surface area contributed by atoms with Gasteiger partial charge < -0.3 is 19.5 Å². The van der Waals surface area contributed by atoms with Crippen molar-refractivity contribution in [2.45, 2.75) is 18.9 Å². The molecule has 2 heterocycles. The van der Waals surface area contributed by atoms with Crippen molar-refractivity contribution in [2.24, 2.45) is 0 Å². The Morgan fingerprint density at radius 2 is 2.21 bits per heavy atom. The van der Waals surface area contributed by atoms with E-state index in [0.717, 1.165) is 12.8 Å². The van der Waals surface area contributed by atoms with Crippen LogP contribution in [0.15, 0.2) is 18.2 Å². The van der Waals surface area contributed by atoms with Crippen molar-refractivity contribution < 1.29 is 19.4 Å². The average Bonchev–Trinajstić information content (AvgIpc) is 2.94. The summed E-state index contributed by atoms with van der Waals surface area (Å²) in [6.45, 7) is 1.67. The highest BCUT2D eigenvalue weighted by molar-refractivity contribution is 5.98. The molecule has 1 aromatic rings. The number of hydrogen-bond acceptors (Lipinski definition) is 4. The summed E-state index contributed by atoms with van der Waals surface area (Å²) < 4.78 is 11.1. The molecule has 0 spiro atoms. The fourth-order valence-electron chi connectivity index (χ4n) is 2.69. The number of likely N-dealkylation sites (tertiary alicyclic amines) is 1. The minimum atomic E-state index is -0.0844. The Labute approximate surface area is 111 Å². The van der Waals surface area contributed by atoms with E-state index in [1.165, 1.54) is 0 Å². The van der Waals surface area contributed by atoms with Crippen LogP contribution in [0.25, 0.3) is 0 Å². The lowest BCUT2D eigenvalue weighted by molar-refractivity contribution is 0.0668. The molecule has 0 aliphatic carbocycles. The molecule has 0 bridgehead atoms. The van der Waals surface area contributed by atoms with Gasteiger partial charge in [-0.25, -0.2) is 0 Å². The Hall–Kier alpha value is -1.75. The van der Waals surface area contributed by atoms with E-state index < -0.39 is 0 Å². The van der Waals surface area contributed by atoms with E-state index in [4.69, 9.17) is 9.47 Å². The van der Waals surface area contributed by atoms with Gasteiger partial charge in [0.25, 0.3) is 5.91 Å². The summed E-state index contributed by atoms with van der Waals surface area (Å²) in [6.07, 6.45) is 1.79. The van der Waals surface area contributed by atoms with Gasteiger partial charge in [-0.05, 0) is 25.0 Å². The van der Waals surface area contributed by atoms with Crippen molar-refractivity contribution in [1.29, 1.82) is 0 Å². The molecule has 5 nitrogen and oxygen atoms in total. The molecule has 2 aliphatic rings. The molecular weight excluding hydrogens is 246 g/mol. The number of fused-ring (bicyclic) bond motifs is 1. The zero-order valence-electron chi connectivity index (χ0n) is 10.7. The third-order valence-electron chi connectivity index (χ3n) is 3.65. The smallest absolute Gasteiger partial charge is 0.258 e. The van der Waals surface area contributed by atoms with Gasteiger partial charge >= 0.3 is 0 Å². The Bertz CT molecular complexity index is 488. The highest BCUT2D eigenvalue weighted by Crippen LogP contribution is 2.35. The summed E-state index contributed by atoms with van der Waals surface area (Å²) in [5.74, 6) is 1.07. The second-order valence-electron chi connectivity index (χ2n) is 4.81. The third kappa shape index (κ3) is 2.14. The van der Waals surface area contributed by atoms with Crippen LogP contribution in [0.2, 0.25) is 0 Å². The van der Waals surface area contributed by atoms with Crippen molar-refractivity contribution in [3.05, 3.63) is 23.8 Å². The van der Waals surface area contributed by atoms with Crippen LogP contribution in [0.1, 0.15) is 23.2 Å². The Kier molecular flexibility index (Phi) is 3.29. The van der Waals surface area contributed by atoms with Gasteiger partial charge in [-0.15, -0.1) is 0 Å². The van der Waals surface area contributed by atoms with Crippen LogP contribution in [-0.4, -0.2) is 48.3 Å². The van der Waals surface area contributed by atoms with Crippen LogP contribution in [0, 0.1) is 0 Å². The second kappa shape index (κ2) is 5.09. The number of aliphatic hydroxyl groups excluding tert-OH is 1. The van der Waals surface area contributed by atoms with E-state index in [0.29, 0.717) is 36.8 Å². The lowest BCUT2D eigenvalue weighted by Gasteiger charge is -2.26. The van der Waals surface area contributed by atoms with E-state index in [1.54, 1.807) is 23.1 Å². The SMILES string of the molecule is O=C(c1cccc2c1OCCO2)N1CCC[C@H]1CO. The predicted molar refractivity (Wildman–Crippen MR) is 68.6 cm³/mol. The average molecular weight is 263 g/mol. The maximum absolute atomic E-state index is 12.6. The molecule has 1 N–H and O–H groups in total. The summed E-state index contributed by atoms with van der Waals surface area (Å²) in [4.78, 5) is 14.3. The van der Waals surface area contributed by atoms with E-state index in [9.17, 15) is 9.90 Å². The van der Waals surface area contributed by atoms with E-state index in [1.807, 2.05) is 0 Å². The Balaban J connectivity index is 1.91. The van der Waals surface area contributed by atoms with Gasteiger partial charge in [0, 0.05) is 6.54 Å². The van der Waals surface area contributed by atoms with Crippen molar-refractivity contribution in [3.8, 4) is 11.5 Å². The van der Waals surface area contributed by atoms with Gasteiger partial charge in [0.2, 0.25) is 0 Å². The lowest BCUT2D eigenvalue weighted by atomic mass is 10.1. The normalized spacial score (nSPS) is 21.5. The Morgan fingerprint density at radius 1 is 1.37 bits per heavy atom. The molecule has 1 saturated heterocycles. The molecule has 102 valence electrons. The number of amides is 1. The fraction of sp³-hybridized carbons (Fsp3) is 0.500. The molecule has 1 aromatic carbocycles. The minimum Gasteiger partial charge on any atom is -0.486 e. The molecule has 5 heteroatoms. The summed E-state index contributed by atoms with van der Waals surface area (Å²) in [5.41, 5.74) is 0.526. The quantitative estimate of drug-likeness (QED) is 0.866. The molecule has 1 fully saturated rings. The molecule has 0 saturated carbocycles. The Morgan fingerprint density at radius 3 is 3.05 bits per heavy atom. The van der Waals surface area contributed by atoms with E-state index >= 15 is 0 Å². The maximum Gasteiger partial charge on any atom is 0.258 e. The fourth-order valence-corrected chi connectivity index (χ4v) is 2.69. The third-order valence-corrected chi connectivity index (χ3v) is 3.65. The lowest BCUT2D eigenvalue weighted by Crippen LogP contribution is -2.38. The van der Waals surface area contributed by atoms with Crippen LogP contribution in [0.4, 0.5) is 0 Å². The number of hydrogen-bond donors (Lipinski definition) is 1. The second-order valence-corrected chi connectivity index (χ2v) is 4.81. The molecule has 3 rings (SSSR count). The standard InChI is InChI=1S/C14H17NO4/c16-9-10-3-2-6-15(10)14(17)11-4-1-5-12-13(11)19-8-7-18-12/h1,4-5,10,16H,2-3,6-9H2/t10-/m0/s1. The topological polar surface area (TPSA) is 59.0 Å². The number of nitrogens with zero attached hydrogens (tertiary/aromatic N) is 1. The molecular formula is C14H17NO4. The van der Waals surface area contributed by atoms with E-state index in [2.05, 4.69) is 0 Å². The summed E-state index contributed by atoms with van der Waals surface area (Å²) in [5, 5.41) is 9.32. The zero-order chi connectivity index (χ0) is 13.2.